The zero-order chi connectivity index (χ0) is 17.4. The number of aryl methyl sites for hydroxylation is 1. The van der Waals surface area contributed by atoms with E-state index in [0.717, 1.165) is 0 Å². The van der Waals surface area contributed by atoms with Gasteiger partial charge in [-0.1, -0.05) is 6.92 Å². The van der Waals surface area contributed by atoms with Crippen molar-refractivity contribution < 1.29 is 28.6 Å². The molecule has 128 valence electrons. The van der Waals surface area contributed by atoms with Crippen molar-refractivity contribution in [1.82, 2.24) is 10.2 Å². The van der Waals surface area contributed by atoms with Gasteiger partial charge in [-0.15, -0.1) is 0 Å². The third-order valence-corrected chi connectivity index (χ3v) is 3.15. The van der Waals surface area contributed by atoms with E-state index in [4.69, 9.17) is 14.3 Å². The molecule has 0 aliphatic rings. The first-order chi connectivity index (χ1) is 10.9. The summed E-state index contributed by atoms with van der Waals surface area (Å²) in [7, 11) is 3.03. The molecule has 0 radical (unpaired) electrons. The van der Waals surface area contributed by atoms with Crippen molar-refractivity contribution in [2.45, 2.75) is 19.8 Å². The second-order valence-electron chi connectivity index (χ2n) is 4.96. The predicted octanol–water partition coefficient (Wildman–Crippen LogP) is 0.765. The molecule has 0 bridgehead atoms. The topological polar surface area (TPSA) is 109 Å². The number of hydrogen-bond donors (Lipinski definition) is 2. The minimum atomic E-state index is -1.15. The molecular formula is C15H22N2O6. The third kappa shape index (κ3) is 5.41. The molecule has 0 unspecified atom stereocenters. The number of furan rings is 1. The SMILES string of the molecule is CCc1oc(C(=O)N(C)CC(=O)NCCCOC)cc1C(=O)O. The van der Waals surface area contributed by atoms with Crippen LogP contribution >= 0.6 is 0 Å². The number of amides is 2. The van der Waals surface area contributed by atoms with Crippen molar-refractivity contribution in [3.63, 3.8) is 0 Å². The number of rotatable bonds is 9. The zero-order valence-corrected chi connectivity index (χ0v) is 13.5. The number of carboxylic acid groups (broad SMARTS) is 1. The Labute approximate surface area is 134 Å². The lowest BCUT2D eigenvalue weighted by Gasteiger charge is -2.15. The van der Waals surface area contributed by atoms with Crippen molar-refractivity contribution in [2.75, 3.05) is 33.9 Å². The fraction of sp³-hybridized carbons (Fsp3) is 0.533. The van der Waals surface area contributed by atoms with Gasteiger partial charge in [-0.3, -0.25) is 9.59 Å². The summed E-state index contributed by atoms with van der Waals surface area (Å²) >= 11 is 0. The summed E-state index contributed by atoms with van der Waals surface area (Å²) in [6, 6.07) is 1.19. The van der Waals surface area contributed by atoms with E-state index in [9.17, 15) is 14.4 Å². The average molecular weight is 326 g/mol. The molecule has 0 saturated heterocycles. The van der Waals surface area contributed by atoms with E-state index in [-0.39, 0.29) is 29.5 Å². The van der Waals surface area contributed by atoms with E-state index in [0.29, 0.717) is 26.0 Å². The largest absolute Gasteiger partial charge is 0.478 e. The van der Waals surface area contributed by atoms with Gasteiger partial charge in [0.15, 0.2) is 5.76 Å². The molecule has 0 saturated carbocycles. The van der Waals surface area contributed by atoms with Crippen LogP contribution in [0.15, 0.2) is 10.5 Å². The second-order valence-corrected chi connectivity index (χ2v) is 4.96. The summed E-state index contributed by atoms with van der Waals surface area (Å²) in [6.07, 6.45) is 1.04. The Bertz CT molecular complexity index is 566. The zero-order valence-electron chi connectivity index (χ0n) is 13.5. The maximum atomic E-state index is 12.2. The second kappa shape index (κ2) is 8.94. The number of aromatic carboxylic acids is 1. The fourth-order valence-corrected chi connectivity index (χ4v) is 1.95. The van der Waals surface area contributed by atoms with Gasteiger partial charge in [-0.05, 0) is 6.42 Å². The molecule has 1 aromatic rings. The van der Waals surface area contributed by atoms with Crippen molar-refractivity contribution in [3.05, 3.63) is 23.2 Å². The number of nitrogens with one attached hydrogen (secondary N) is 1. The predicted molar refractivity (Wildman–Crippen MR) is 81.5 cm³/mol. The molecule has 2 N–H and O–H groups in total. The van der Waals surface area contributed by atoms with Gasteiger partial charge >= 0.3 is 5.97 Å². The molecule has 1 heterocycles. The van der Waals surface area contributed by atoms with Crippen molar-refractivity contribution in [1.29, 1.82) is 0 Å². The number of methoxy groups -OCH3 is 1. The lowest BCUT2D eigenvalue weighted by atomic mass is 10.2. The highest BCUT2D eigenvalue weighted by Crippen LogP contribution is 2.17. The van der Waals surface area contributed by atoms with Gasteiger partial charge in [-0.25, -0.2) is 4.79 Å². The Morgan fingerprint density at radius 1 is 1.39 bits per heavy atom. The highest BCUT2D eigenvalue weighted by Gasteiger charge is 2.23. The fourth-order valence-electron chi connectivity index (χ4n) is 1.95. The number of carboxylic acids is 1. The number of nitrogens with zero attached hydrogens (tertiary/aromatic N) is 1. The molecule has 2 amide bonds. The van der Waals surface area contributed by atoms with E-state index in [1.807, 2.05) is 0 Å². The molecule has 0 aliphatic heterocycles. The van der Waals surface area contributed by atoms with Gasteiger partial charge in [0.05, 0.1) is 6.54 Å². The first kappa shape index (κ1) is 18.7. The Balaban J connectivity index is 2.63. The Morgan fingerprint density at radius 3 is 2.61 bits per heavy atom. The first-order valence-electron chi connectivity index (χ1n) is 7.27. The van der Waals surface area contributed by atoms with Crippen LogP contribution in [0.3, 0.4) is 0 Å². The van der Waals surface area contributed by atoms with E-state index in [1.165, 1.54) is 18.0 Å². The van der Waals surface area contributed by atoms with Gasteiger partial charge in [0, 0.05) is 39.8 Å². The summed E-state index contributed by atoms with van der Waals surface area (Å²) in [4.78, 5) is 36.2. The summed E-state index contributed by atoms with van der Waals surface area (Å²) in [6.45, 7) is 2.59. The maximum Gasteiger partial charge on any atom is 0.339 e. The molecule has 8 nitrogen and oxygen atoms in total. The van der Waals surface area contributed by atoms with Crippen molar-refractivity contribution >= 4 is 17.8 Å². The normalized spacial score (nSPS) is 10.4. The van der Waals surface area contributed by atoms with Gasteiger partial charge in [0.1, 0.15) is 11.3 Å². The highest BCUT2D eigenvalue weighted by atomic mass is 16.5. The molecule has 0 spiro atoms. The average Bonchev–Trinajstić information content (AvgIpc) is 2.95. The lowest BCUT2D eigenvalue weighted by molar-refractivity contribution is -0.121. The summed E-state index contributed by atoms with van der Waals surface area (Å²) in [5.41, 5.74) is -0.0340. The summed E-state index contributed by atoms with van der Waals surface area (Å²) < 4.78 is 10.2. The van der Waals surface area contributed by atoms with Gasteiger partial charge in [0.2, 0.25) is 5.91 Å². The molecular weight excluding hydrogens is 304 g/mol. The van der Waals surface area contributed by atoms with Crippen molar-refractivity contribution in [2.24, 2.45) is 0 Å². The van der Waals surface area contributed by atoms with Crippen LogP contribution in [0.1, 0.15) is 40.0 Å². The summed E-state index contributed by atoms with van der Waals surface area (Å²) in [5.74, 6) is -1.85. The van der Waals surface area contributed by atoms with Crippen LogP contribution < -0.4 is 5.32 Å². The van der Waals surface area contributed by atoms with Crippen LogP contribution in [0.4, 0.5) is 0 Å². The van der Waals surface area contributed by atoms with Crippen LogP contribution in [0.2, 0.25) is 0 Å². The quantitative estimate of drug-likeness (QED) is 0.649. The molecule has 0 aliphatic carbocycles. The molecule has 1 rings (SSSR count). The van der Waals surface area contributed by atoms with Crippen LogP contribution in [0.25, 0.3) is 0 Å². The highest BCUT2D eigenvalue weighted by molar-refractivity contribution is 5.97. The number of hydrogen-bond acceptors (Lipinski definition) is 5. The molecule has 1 aromatic heterocycles. The van der Waals surface area contributed by atoms with E-state index in [2.05, 4.69) is 5.32 Å². The van der Waals surface area contributed by atoms with E-state index < -0.39 is 11.9 Å². The monoisotopic (exact) mass is 326 g/mol. The molecule has 8 heteroatoms. The van der Waals surface area contributed by atoms with Crippen LogP contribution in [-0.4, -0.2) is 61.6 Å². The number of carbonyl (C=O) groups excluding carboxylic acids is 2. The van der Waals surface area contributed by atoms with Crippen LogP contribution in [-0.2, 0) is 16.0 Å². The lowest BCUT2D eigenvalue weighted by Crippen LogP contribution is -2.38. The summed E-state index contributed by atoms with van der Waals surface area (Å²) in [5, 5.41) is 11.7. The number of carbonyl (C=O) groups is 3. The number of ether oxygens (including phenoxy) is 1. The molecule has 0 atom stereocenters. The maximum absolute atomic E-state index is 12.2. The van der Waals surface area contributed by atoms with Gasteiger partial charge < -0.3 is 24.5 Å². The standard InChI is InChI=1S/C15H22N2O6/c1-4-11-10(15(20)21)8-12(23-11)14(19)17(2)9-13(18)16-6-5-7-22-3/h8H,4-7,9H2,1-3H3,(H,16,18)(H,20,21). The third-order valence-electron chi connectivity index (χ3n) is 3.15. The van der Waals surface area contributed by atoms with Gasteiger partial charge in [0.25, 0.3) is 5.91 Å². The smallest absolute Gasteiger partial charge is 0.339 e. The van der Waals surface area contributed by atoms with Gasteiger partial charge in [-0.2, -0.15) is 0 Å². The number of likely N-dealkylation sites (N-methyl/N-ethyl adjacent to an activating group) is 1. The Hall–Kier alpha value is -2.35. The van der Waals surface area contributed by atoms with Crippen molar-refractivity contribution in [3.8, 4) is 0 Å². The minimum absolute atomic E-state index is 0.0340. The molecule has 23 heavy (non-hydrogen) atoms. The first-order valence-corrected chi connectivity index (χ1v) is 7.27. The van der Waals surface area contributed by atoms with E-state index >= 15 is 0 Å². The molecule has 0 fully saturated rings. The molecule has 0 aromatic carbocycles. The van der Waals surface area contributed by atoms with Crippen LogP contribution in [0.5, 0.6) is 0 Å². The minimum Gasteiger partial charge on any atom is -0.478 e. The Morgan fingerprint density at radius 2 is 2.09 bits per heavy atom. The Kier molecular flexibility index (Phi) is 7.27. The van der Waals surface area contributed by atoms with E-state index in [1.54, 1.807) is 14.0 Å². The van der Waals surface area contributed by atoms with Crippen LogP contribution in [0, 0.1) is 0 Å².